The standard InChI is InChI=1S/C15H18N2O4/c18-13(17-12-6-7-12)5-2-8-16-14(19)10-3-1-4-11(9-10)15(20)21/h1,3-4,9,12H,2,5-8H2,(H,16,19)(H,17,18)(H,20,21). The van der Waals surface area contributed by atoms with Gasteiger partial charge in [-0.1, -0.05) is 6.07 Å². The van der Waals surface area contributed by atoms with Crippen LogP contribution in [-0.2, 0) is 4.79 Å². The average Bonchev–Trinajstić information content (AvgIpc) is 3.27. The van der Waals surface area contributed by atoms with Crippen LogP contribution in [-0.4, -0.2) is 35.5 Å². The summed E-state index contributed by atoms with van der Waals surface area (Å²) < 4.78 is 0. The second kappa shape index (κ2) is 6.88. The minimum absolute atomic E-state index is 0.0135. The molecule has 3 N–H and O–H groups in total. The molecule has 2 amide bonds. The number of carbonyl (C=O) groups excluding carboxylic acids is 2. The van der Waals surface area contributed by atoms with Gasteiger partial charge >= 0.3 is 5.97 Å². The third kappa shape index (κ3) is 4.91. The van der Waals surface area contributed by atoms with Gasteiger partial charge < -0.3 is 15.7 Å². The molecule has 0 saturated heterocycles. The van der Waals surface area contributed by atoms with E-state index in [1.165, 1.54) is 18.2 Å². The van der Waals surface area contributed by atoms with Crippen LogP contribution in [0.1, 0.15) is 46.4 Å². The highest BCUT2D eigenvalue weighted by Gasteiger charge is 2.22. The van der Waals surface area contributed by atoms with Crippen LogP contribution in [0.25, 0.3) is 0 Å². The number of amides is 2. The van der Waals surface area contributed by atoms with Crippen LogP contribution >= 0.6 is 0 Å². The summed E-state index contributed by atoms with van der Waals surface area (Å²) in [6.07, 6.45) is 3.06. The summed E-state index contributed by atoms with van der Waals surface area (Å²) in [5.74, 6) is -1.39. The number of aromatic carboxylic acids is 1. The number of carboxylic acids is 1. The number of hydrogen-bond acceptors (Lipinski definition) is 3. The van der Waals surface area contributed by atoms with Gasteiger partial charge in [0, 0.05) is 24.6 Å². The van der Waals surface area contributed by atoms with Crippen molar-refractivity contribution in [1.82, 2.24) is 10.6 Å². The van der Waals surface area contributed by atoms with Crippen LogP contribution in [0.2, 0.25) is 0 Å². The Labute approximate surface area is 122 Å². The molecule has 2 rings (SSSR count). The van der Waals surface area contributed by atoms with E-state index in [1.54, 1.807) is 6.07 Å². The highest BCUT2D eigenvalue weighted by molar-refractivity contribution is 5.97. The fraction of sp³-hybridized carbons (Fsp3) is 0.400. The number of carbonyl (C=O) groups is 3. The molecule has 0 atom stereocenters. The van der Waals surface area contributed by atoms with Gasteiger partial charge in [-0.05, 0) is 37.5 Å². The molecule has 1 saturated carbocycles. The molecular weight excluding hydrogens is 272 g/mol. The van der Waals surface area contributed by atoms with Crippen molar-refractivity contribution in [3.63, 3.8) is 0 Å². The predicted molar refractivity (Wildman–Crippen MR) is 76.1 cm³/mol. The Bertz CT molecular complexity index is 552. The molecule has 6 nitrogen and oxygen atoms in total. The lowest BCUT2D eigenvalue weighted by Gasteiger charge is -2.06. The number of hydrogen-bond donors (Lipinski definition) is 3. The van der Waals surface area contributed by atoms with Crippen LogP contribution in [0.4, 0.5) is 0 Å². The van der Waals surface area contributed by atoms with E-state index in [-0.39, 0.29) is 17.4 Å². The first kappa shape index (κ1) is 15.0. The summed E-state index contributed by atoms with van der Waals surface area (Å²) in [5, 5.41) is 14.4. The highest BCUT2D eigenvalue weighted by atomic mass is 16.4. The van der Waals surface area contributed by atoms with Gasteiger partial charge in [-0.15, -0.1) is 0 Å². The van der Waals surface area contributed by atoms with Gasteiger partial charge in [-0.3, -0.25) is 9.59 Å². The van der Waals surface area contributed by atoms with Gasteiger partial charge in [0.05, 0.1) is 5.56 Å². The van der Waals surface area contributed by atoms with E-state index in [0.717, 1.165) is 12.8 Å². The topological polar surface area (TPSA) is 95.5 Å². The maximum absolute atomic E-state index is 11.8. The molecule has 6 heteroatoms. The van der Waals surface area contributed by atoms with Gasteiger partial charge in [0.1, 0.15) is 0 Å². The minimum atomic E-state index is -1.07. The Kier molecular flexibility index (Phi) is 4.92. The molecule has 1 aliphatic rings. The Morgan fingerprint density at radius 1 is 1.19 bits per heavy atom. The van der Waals surface area contributed by atoms with E-state index in [4.69, 9.17) is 5.11 Å². The molecule has 0 radical (unpaired) electrons. The monoisotopic (exact) mass is 290 g/mol. The van der Waals surface area contributed by atoms with Crippen LogP contribution in [0.15, 0.2) is 24.3 Å². The summed E-state index contributed by atoms with van der Waals surface area (Å²) in [4.78, 5) is 34.1. The molecule has 1 aromatic rings. The average molecular weight is 290 g/mol. The Hall–Kier alpha value is -2.37. The van der Waals surface area contributed by atoms with Gasteiger partial charge in [0.2, 0.25) is 5.91 Å². The summed E-state index contributed by atoms with van der Waals surface area (Å²) in [6.45, 7) is 0.383. The van der Waals surface area contributed by atoms with Crippen LogP contribution in [0, 0.1) is 0 Å². The Morgan fingerprint density at radius 2 is 1.90 bits per heavy atom. The second-order valence-corrected chi connectivity index (χ2v) is 5.09. The zero-order valence-corrected chi connectivity index (χ0v) is 11.6. The zero-order valence-electron chi connectivity index (χ0n) is 11.6. The first-order chi connectivity index (χ1) is 10.1. The highest BCUT2D eigenvalue weighted by Crippen LogP contribution is 2.18. The Balaban J connectivity index is 1.72. The van der Waals surface area contributed by atoms with Crippen molar-refractivity contribution in [1.29, 1.82) is 0 Å². The molecule has 0 bridgehead atoms. The lowest BCUT2D eigenvalue weighted by atomic mass is 10.1. The molecule has 21 heavy (non-hydrogen) atoms. The zero-order chi connectivity index (χ0) is 15.2. The van der Waals surface area contributed by atoms with Crippen molar-refractivity contribution in [3.05, 3.63) is 35.4 Å². The molecule has 1 aliphatic carbocycles. The summed E-state index contributed by atoms with van der Waals surface area (Å²) in [6, 6.07) is 6.20. The molecule has 0 aromatic heterocycles. The van der Waals surface area contributed by atoms with Crippen LogP contribution in [0.5, 0.6) is 0 Å². The summed E-state index contributed by atoms with van der Waals surface area (Å²) >= 11 is 0. The lowest BCUT2D eigenvalue weighted by molar-refractivity contribution is -0.121. The van der Waals surface area contributed by atoms with Crippen molar-refractivity contribution in [3.8, 4) is 0 Å². The number of nitrogens with one attached hydrogen (secondary N) is 2. The number of benzene rings is 1. The fourth-order valence-corrected chi connectivity index (χ4v) is 1.87. The number of rotatable bonds is 7. The predicted octanol–water partition coefficient (Wildman–Crippen LogP) is 1.17. The maximum Gasteiger partial charge on any atom is 0.335 e. The van der Waals surface area contributed by atoms with Gasteiger partial charge in [-0.25, -0.2) is 4.79 Å². The molecule has 0 heterocycles. The first-order valence-electron chi connectivity index (χ1n) is 6.97. The van der Waals surface area contributed by atoms with E-state index in [0.29, 0.717) is 31.0 Å². The molecule has 0 spiro atoms. The first-order valence-corrected chi connectivity index (χ1v) is 6.97. The van der Waals surface area contributed by atoms with Crippen molar-refractivity contribution in [2.75, 3.05) is 6.54 Å². The van der Waals surface area contributed by atoms with E-state index in [2.05, 4.69) is 10.6 Å². The van der Waals surface area contributed by atoms with Gasteiger partial charge in [0.15, 0.2) is 0 Å². The van der Waals surface area contributed by atoms with E-state index in [9.17, 15) is 14.4 Å². The van der Waals surface area contributed by atoms with Crippen molar-refractivity contribution in [2.45, 2.75) is 31.7 Å². The van der Waals surface area contributed by atoms with Gasteiger partial charge in [0.25, 0.3) is 5.91 Å². The van der Waals surface area contributed by atoms with Crippen molar-refractivity contribution < 1.29 is 19.5 Å². The van der Waals surface area contributed by atoms with E-state index >= 15 is 0 Å². The third-order valence-corrected chi connectivity index (χ3v) is 3.18. The van der Waals surface area contributed by atoms with E-state index in [1.807, 2.05) is 0 Å². The lowest BCUT2D eigenvalue weighted by Crippen LogP contribution is -2.28. The SMILES string of the molecule is O=C(CCCNC(=O)c1cccc(C(=O)O)c1)NC1CC1. The molecular formula is C15H18N2O4. The fourth-order valence-electron chi connectivity index (χ4n) is 1.87. The maximum atomic E-state index is 11.8. The molecule has 0 unspecified atom stereocenters. The normalized spacial score (nSPS) is 13.5. The van der Waals surface area contributed by atoms with E-state index < -0.39 is 5.97 Å². The summed E-state index contributed by atoms with van der Waals surface area (Å²) in [7, 11) is 0. The minimum Gasteiger partial charge on any atom is -0.478 e. The molecule has 1 fully saturated rings. The van der Waals surface area contributed by atoms with Crippen molar-refractivity contribution >= 4 is 17.8 Å². The smallest absolute Gasteiger partial charge is 0.335 e. The molecule has 0 aliphatic heterocycles. The van der Waals surface area contributed by atoms with Gasteiger partial charge in [-0.2, -0.15) is 0 Å². The van der Waals surface area contributed by atoms with Crippen LogP contribution < -0.4 is 10.6 Å². The van der Waals surface area contributed by atoms with Crippen molar-refractivity contribution in [2.24, 2.45) is 0 Å². The van der Waals surface area contributed by atoms with Crippen LogP contribution in [0.3, 0.4) is 0 Å². The number of carboxylic acid groups (broad SMARTS) is 1. The quantitative estimate of drug-likeness (QED) is 0.657. The largest absolute Gasteiger partial charge is 0.478 e. The molecule has 112 valence electrons. The molecule has 1 aromatic carbocycles. The third-order valence-electron chi connectivity index (χ3n) is 3.18. The summed E-state index contributed by atoms with van der Waals surface area (Å²) in [5.41, 5.74) is 0.379. The second-order valence-electron chi connectivity index (χ2n) is 5.09. The Morgan fingerprint density at radius 3 is 2.57 bits per heavy atom.